The van der Waals surface area contributed by atoms with E-state index in [9.17, 15) is 4.79 Å². The molecule has 2 aliphatic rings. The summed E-state index contributed by atoms with van der Waals surface area (Å²) in [5.41, 5.74) is 6.08. The molecule has 0 heterocycles. The van der Waals surface area contributed by atoms with Crippen molar-refractivity contribution in [1.29, 1.82) is 0 Å². The Morgan fingerprint density at radius 1 is 1.47 bits per heavy atom. The number of carbonyl (C=O) groups is 1. The average Bonchev–Trinajstić information content (AvgIpc) is 3.12. The SMILES string of the molecule is CCOC(=O)CN(CC1(CCN)CC1)C1CC1. The maximum atomic E-state index is 11.6. The number of esters is 1. The third-order valence-electron chi connectivity index (χ3n) is 3.87. The molecule has 2 fully saturated rings. The summed E-state index contributed by atoms with van der Waals surface area (Å²) in [6.07, 6.45) is 6.11. The Morgan fingerprint density at radius 2 is 2.18 bits per heavy atom. The number of hydrogen-bond donors (Lipinski definition) is 1. The molecule has 0 atom stereocenters. The second-order valence-corrected chi connectivity index (χ2v) is 5.48. The van der Waals surface area contributed by atoms with Gasteiger partial charge in [-0.25, -0.2) is 0 Å². The van der Waals surface area contributed by atoms with Crippen molar-refractivity contribution in [3.8, 4) is 0 Å². The predicted octanol–water partition coefficient (Wildman–Crippen LogP) is 1.14. The van der Waals surface area contributed by atoms with E-state index in [2.05, 4.69) is 4.90 Å². The molecule has 2 saturated carbocycles. The molecule has 4 heteroatoms. The summed E-state index contributed by atoms with van der Waals surface area (Å²) in [5.74, 6) is -0.0806. The van der Waals surface area contributed by atoms with Gasteiger partial charge in [0, 0.05) is 12.6 Å². The fourth-order valence-electron chi connectivity index (χ4n) is 2.53. The number of hydrogen-bond acceptors (Lipinski definition) is 4. The smallest absolute Gasteiger partial charge is 0.320 e. The van der Waals surface area contributed by atoms with E-state index in [-0.39, 0.29) is 5.97 Å². The molecule has 17 heavy (non-hydrogen) atoms. The lowest BCUT2D eigenvalue weighted by molar-refractivity contribution is -0.144. The first-order valence-electron chi connectivity index (χ1n) is 6.79. The van der Waals surface area contributed by atoms with Crippen molar-refractivity contribution < 1.29 is 9.53 Å². The highest BCUT2D eigenvalue weighted by Gasteiger charge is 2.45. The number of nitrogens with two attached hydrogens (primary N) is 1. The molecule has 0 aromatic rings. The summed E-state index contributed by atoms with van der Waals surface area (Å²) in [4.78, 5) is 13.9. The quantitative estimate of drug-likeness (QED) is 0.646. The maximum Gasteiger partial charge on any atom is 0.320 e. The highest BCUT2D eigenvalue weighted by atomic mass is 16.5. The molecule has 0 radical (unpaired) electrons. The highest BCUT2D eigenvalue weighted by molar-refractivity contribution is 5.71. The maximum absolute atomic E-state index is 11.6. The molecule has 0 aliphatic heterocycles. The van der Waals surface area contributed by atoms with Crippen molar-refractivity contribution >= 4 is 5.97 Å². The number of rotatable bonds is 8. The predicted molar refractivity (Wildman–Crippen MR) is 66.6 cm³/mol. The first kappa shape index (κ1) is 12.8. The van der Waals surface area contributed by atoms with Gasteiger partial charge in [-0.15, -0.1) is 0 Å². The minimum absolute atomic E-state index is 0.0806. The van der Waals surface area contributed by atoms with Gasteiger partial charge in [-0.2, -0.15) is 0 Å². The third-order valence-corrected chi connectivity index (χ3v) is 3.87. The van der Waals surface area contributed by atoms with E-state index in [1.54, 1.807) is 0 Å². The number of ether oxygens (including phenoxy) is 1. The molecule has 0 amide bonds. The molecule has 2 rings (SSSR count). The molecule has 0 saturated heterocycles. The van der Waals surface area contributed by atoms with Crippen molar-refractivity contribution in [2.24, 2.45) is 11.1 Å². The van der Waals surface area contributed by atoms with Gasteiger partial charge in [0.15, 0.2) is 0 Å². The fourth-order valence-corrected chi connectivity index (χ4v) is 2.53. The second kappa shape index (κ2) is 5.36. The van der Waals surface area contributed by atoms with E-state index in [0.717, 1.165) is 19.5 Å². The van der Waals surface area contributed by atoms with Crippen molar-refractivity contribution in [2.45, 2.75) is 45.1 Å². The minimum atomic E-state index is -0.0806. The molecule has 0 aromatic heterocycles. The van der Waals surface area contributed by atoms with E-state index in [4.69, 9.17) is 10.5 Å². The molecular weight excluding hydrogens is 216 g/mol. The van der Waals surface area contributed by atoms with Gasteiger partial charge in [-0.1, -0.05) is 0 Å². The van der Waals surface area contributed by atoms with Crippen LogP contribution in [0.2, 0.25) is 0 Å². The van der Waals surface area contributed by atoms with Gasteiger partial charge in [-0.05, 0) is 51.0 Å². The molecular formula is C13H24N2O2. The summed E-state index contributed by atoms with van der Waals surface area (Å²) in [7, 11) is 0. The Balaban J connectivity index is 1.83. The van der Waals surface area contributed by atoms with Crippen LogP contribution in [-0.2, 0) is 9.53 Å². The summed E-state index contributed by atoms with van der Waals surface area (Å²) >= 11 is 0. The number of nitrogens with zero attached hydrogens (tertiary/aromatic N) is 1. The molecule has 2 N–H and O–H groups in total. The van der Waals surface area contributed by atoms with E-state index in [1.165, 1.54) is 25.7 Å². The van der Waals surface area contributed by atoms with E-state index >= 15 is 0 Å². The molecule has 0 spiro atoms. The molecule has 2 aliphatic carbocycles. The Morgan fingerprint density at radius 3 is 2.65 bits per heavy atom. The van der Waals surface area contributed by atoms with Gasteiger partial charge < -0.3 is 10.5 Å². The van der Waals surface area contributed by atoms with E-state index < -0.39 is 0 Å². The van der Waals surface area contributed by atoms with Crippen LogP contribution in [0.3, 0.4) is 0 Å². The van der Waals surface area contributed by atoms with Gasteiger partial charge in [0.25, 0.3) is 0 Å². The van der Waals surface area contributed by atoms with E-state index in [1.807, 2.05) is 6.92 Å². The molecule has 98 valence electrons. The summed E-state index contributed by atoms with van der Waals surface area (Å²) in [5, 5.41) is 0. The van der Waals surface area contributed by atoms with Crippen molar-refractivity contribution in [3.05, 3.63) is 0 Å². The second-order valence-electron chi connectivity index (χ2n) is 5.48. The van der Waals surface area contributed by atoms with Crippen LogP contribution in [0.1, 0.15) is 39.0 Å². The summed E-state index contributed by atoms with van der Waals surface area (Å²) in [6.45, 7) is 4.60. The van der Waals surface area contributed by atoms with Gasteiger partial charge in [0.1, 0.15) is 0 Å². The molecule has 4 nitrogen and oxygen atoms in total. The highest BCUT2D eigenvalue weighted by Crippen LogP contribution is 2.50. The Hall–Kier alpha value is -0.610. The standard InChI is InChI=1S/C13H24N2O2/c1-2-17-12(16)9-15(11-3-4-11)10-13(5-6-13)7-8-14/h11H,2-10,14H2,1H3. The Kier molecular flexibility index (Phi) is 4.05. The lowest BCUT2D eigenvalue weighted by atomic mass is 10.0. The van der Waals surface area contributed by atoms with Gasteiger partial charge in [-0.3, -0.25) is 9.69 Å². The van der Waals surface area contributed by atoms with Crippen LogP contribution in [0.5, 0.6) is 0 Å². The lowest BCUT2D eigenvalue weighted by Crippen LogP contribution is -2.38. The van der Waals surface area contributed by atoms with Crippen LogP contribution < -0.4 is 5.73 Å². The summed E-state index contributed by atoms with van der Waals surface area (Å²) < 4.78 is 5.04. The minimum Gasteiger partial charge on any atom is -0.465 e. The van der Waals surface area contributed by atoms with Crippen LogP contribution in [0.4, 0.5) is 0 Å². The van der Waals surface area contributed by atoms with Crippen LogP contribution in [0.15, 0.2) is 0 Å². The first-order valence-corrected chi connectivity index (χ1v) is 6.79. The zero-order valence-corrected chi connectivity index (χ0v) is 10.8. The van der Waals surface area contributed by atoms with Crippen LogP contribution in [0.25, 0.3) is 0 Å². The fraction of sp³-hybridized carbons (Fsp3) is 0.923. The molecule has 0 bridgehead atoms. The largest absolute Gasteiger partial charge is 0.465 e. The summed E-state index contributed by atoms with van der Waals surface area (Å²) in [6, 6.07) is 0.620. The first-order chi connectivity index (χ1) is 8.19. The normalized spacial score (nSPS) is 21.6. The van der Waals surface area contributed by atoms with Crippen molar-refractivity contribution in [3.63, 3.8) is 0 Å². The molecule has 0 unspecified atom stereocenters. The van der Waals surface area contributed by atoms with Crippen LogP contribution >= 0.6 is 0 Å². The zero-order valence-electron chi connectivity index (χ0n) is 10.8. The van der Waals surface area contributed by atoms with Gasteiger partial charge >= 0.3 is 5.97 Å². The van der Waals surface area contributed by atoms with Crippen molar-refractivity contribution in [1.82, 2.24) is 4.90 Å². The van der Waals surface area contributed by atoms with Crippen molar-refractivity contribution in [2.75, 3.05) is 26.2 Å². The third kappa shape index (κ3) is 3.68. The van der Waals surface area contributed by atoms with Gasteiger partial charge in [0.2, 0.25) is 0 Å². The number of carbonyl (C=O) groups excluding carboxylic acids is 1. The molecule has 0 aromatic carbocycles. The topological polar surface area (TPSA) is 55.6 Å². The zero-order chi connectivity index (χ0) is 12.3. The monoisotopic (exact) mass is 240 g/mol. The average molecular weight is 240 g/mol. The van der Waals surface area contributed by atoms with Crippen LogP contribution in [0, 0.1) is 5.41 Å². The Bertz CT molecular complexity index is 273. The van der Waals surface area contributed by atoms with Crippen LogP contribution in [-0.4, -0.2) is 43.2 Å². The van der Waals surface area contributed by atoms with Gasteiger partial charge in [0.05, 0.1) is 13.2 Å². The lowest BCUT2D eigenvalue weighted by Gasteiger charge is -2.26. The Labute approximate surface area is 103 Å². The van der Waals surface area contributed by atoms with E-state index in [0.29, 0.717) is 24.6 Å².